The number of carbonyl (C=O) groups is 1. The topological polar surface area (TPSA) is 55.1 Å². The number of imidazole rings is 1. The fourth-order valence-electron chi connectivity index (χ4n) is 2.73. The molecular formula is C17H24N2O2. The average molecular weight is 288 g/mol. The maximum atomic E-state index is 11.2. The fraction of sp³-hybridized carbons (Fsp3) is 0.529. The third-order valence-corrected chi connectivity index (χ3v) is 4.36. The molecule has 0 saturated carbocycles. The Labute approximate surface area is 125 Å². The van der Waals surface area contributed by atoms with E-state index in [0.717, 1.165) is 36.1 Å². The first-order valence-electron chi connectivity index (χ1n) is 7.73. The van der Waals surface area contributed by atoms with Crippen LogP contribution in [0.15, 0.2) is 18.2 Å². The molecule has 114 valence electrons. The molecule has 1 aromatic heterocycles. The number of rotatable bonds is 6. The Hall–Kier alpha value is -1.84. The van der Waals surface area contributed by atoms with Gasteiger partial charge in [-0.15, -0.1) is 0 Å². The number of carboxylic acid groups (broad SMARTS) is 1. The van der Waals surface area contributed by atoms with Crippen LogP contribution in [0.1, 0.15) is 62.8 Å². The molecule has 0 saturated heterocycles. The van der Waals surface area contributed by atoms with Crippen molar-refractivity contribution in [3.63, 3.8) is 0 Å². The zero-order valence-corrected chi connectivity index (χ0v) is 13.3. The summed E-state index contributed by atoms with van der Waals surface area (Å²) in [5, 5.41) is 9.21. The molecule has 21 heavy (non-hydrogen) atoms. The van der Waals surface area contributed by atoms with Gasteiger partial charge >= 0.3 is 5.97 Å². The normalized spacial score (nSPS) is 14.3. The van der Waals surface area contributed by atoms with E-state index < -0.39 is 5.97 Å². The SMILES string of the molecule is CCCc1nc2ccc(C(=O)O)cc2n1C(C)C(C)CC. The Balaban J connectivity index is 2.64. The fourth-order valence-corrected chi connectivity index (χ4v) is 2.73. The molecule has 1 heterocycles. The largest absolute Gasteiger partial charge is 0.478 e. The molecule has 0 bridgehead atoms. The monoisotopic (exact) mass is 288 g/mol. The summed E-state index contributed by atoms with van der Waals surface area (Å²) in [6, 6.07) is 5.51. The van der Waals surface area contributed by atoms with E-state index in [0.29, 0.717) is 17.5 Å². The predicted octanol–water partition coefficient (Wildman–Crippen LogP) is 4.29. The van der Waals surface area contributed by atoms with Crippen LogP contribution in [0.2, 0.25) is 0 Å². The number of aryl methyl sites for hydroxylation is 1. The number of carboxylic acids is 1. The molecule has 0 fully saturated rings. The van der Waals surface area contributed by atoms with Gasteiger partial charge in [0.15, 0.2) is 0 Å². The highest BCUT2D eigenvalue weighted by atomic mass is 16.4. The van der Waals surface area contributed by atoms with Crippen molar-refractivity contribution in [1.29, 1.82) is 0 Å². The number of benzene rings is 1. The van der Waals surface area contributed by atoms with Gasteiger partial charge in [-0.2, -0.15) is 0 Å². The summed E-state index contributed by atoms with van der Waals surface area (Å²) in [6.07, 6.45) is 3.03. The second-order valence-corrected chi connectivity index (χ2v) is 5.78. The van der Waals surface area contributed by atoms with E-state index >= 15 is 0 Å². The molecule has 1 N–H and O–H groups in total. The van der Waals surface area contributed by atoms with Crippen molar-refractivity contribution in [2.75, 3.05) is 0 Å². The number of hydrogen-bond acceptors (Lipinski definition) is 2. The molecule has 2 atom stereocenters. The van der Waals surface area contributed by atoms with Gasteiger partial charge in [-0.05, 0) is 37.5 Å². The number of aromatic nitrogens is 2. The lowest BCUT2D eigenvalue weighted by molar-refractivity contribution is 0.0697. The lowest BCUT2D eigenvalue weighted by Gasteiger charge is -2.23. The minimum Gasteiger partial charge on any atom is -0.478 e. The van der Waals surface area contributed by atoms with Gasteiger partial charge in [0.1, 0.15) is 5.82 Å². The van der Waals surface area contributed by atoms with E-state index in [9.17, 15) is 9.90 Å². The van der Waals surface area contributed by atoms with Crippen molar-refractivity contribution in [3.05, 3.63) is 29.6 Å². The van der Waals surface area contributed by atoms with Gasteiger partial charge in [0.25, 0.3) is 0 Å². The van der Waals surface area contributed by atoms with Crippen LogP contribution in [-0.2, 0) is 6.42 Å². The second kappa shape index (κ2) is 6.29. The van der Waals surface area contributed by atoms with Crippen LogP contribution in [0.3, 0.4) is 0 Å². The van der Waals surface area contributed by atoms with E-state index in [-0.39, 0.29) is 0 Å². The highest BCUT2D eigenvalue weighted by molar-refractivity contribution is 5.92. The maximum Gasteiger partial charge on any atom is 0.335 e. The molecule has 4 heteroatoms. The van der Waals surface area contributed by atoms with Crippen LogP contribution in [0, 0.1) is 5.92 Å². The quantitative estimate of drug-likeness (QED) is 0.862. The third-order valence-electron chi connectivity index (χ3n) is 4.36. The van der Waals surface area contributed by atoms with E-state index in [1.165, 1.54) is 0 Å². The molecule has 0 aliphatic carbocycles. The van der Waals surface area contributed by atoms with Crippen molar-refractivity contribution in [2.45, 2.75) is 53.0 Å². The number of fused-ring (bicyclic) bond motifs is 1. The second-order valence-electron chi connectivity index (χ2n) is 5.78. The first-order chi connectivity index (χ1) is 9.99. The minimum absolute atomic E-state index is 0.311. The highest BCUT2D eigenvalue weighted by Gasteiger charge is 2.20. The molecular weight excluding hydrogens is 264 g/mol. The Kier molecular flexibility index (Phi) is 4.66. The molecule has 2 rings (SSSR count). The number of aromatic carboxylic acids is 1. The standard InChI is InChI=1S/C17H24N2O2/c1-5-7-16-18-14-9-8-13(17(20)21)10-15(14)19(16)12(4)11(3)6-2/h8-12H,5-7H2,1-4H3,(H,20,21). The van der Waals surface area contributed by atoms with Crippen LogP contribution >= 0.6 is 0 Å². The average Bonchev–Trinajstić information content (AvgIpc) is 2.82. The molecule has 0 aliphatic rings. The first kappa shape index (κ1) is 15.5. The lowest BCUT2D eigenvalue weighted by atomic mass is 10.00. The van der Waals surface area contributed by atoms with Crippen LogP contribution in [0.5, 0.6) is 0 Å². The Bertz CT molecular complexity index is 646. The zero-order chi connectivity index (χ0) is 15.6. The first-order valence-corrected chi connectivity index (χ1v) is 7.73. The van der Waals surface area contributed by atoms with Crippen LogP contribution < -0.4 is 0 Å². The van der Waals surface area contributed by atoms with E-state index in [2.05, 4.69) is 32.3 Å². The summed E-state index contributed by atoms with van der Waals surface area (Å²) in [5.41, 5.74) is 2.15. The molecule has 2 unspecified atom stereocenters. The van der Waals surface area contributed by atoms with Crippen LogP contribution in [0.4, 0.5) is 0 Å². The lowest BCUT2D eigenvalue weighted by Crippen LogP contribution is -2.16. The summed E-state index contributed by atoms with van der Waals surface area (Å²) < 4.78 is 2.24. The van der Waals surface area contributed by atoms with Gasteiger partial charge in [-0.25, -0.2) is 9.78 Å². The van der Waals surface area contributed by atoms with Gasteiger partial charge in [-0.3, -0.25) is 0 Å². The van der Waals surface area contributed by atoms with Crippen molar-refractivity contribution in [2.24, 2.45) is 5.92 Å². The van der Waals surface area contributed by atoms with E-state index in [4.69, 9.17) is 4.98 Å². The smallest absolute Gasteiger partial charge is 0.335 e. The molecule has 4 nitrogen and oxygen atoms in total. The summed E-state index contributed by atoms with van der Waals surface area (Å²) in [6.45, 7) is 8.75. The molecule has 0 amide bonds. The highest BCUT2D eigenvalue weighted by Crippen LogP contribution is 2.28. The van der Waals surface area contributed by atoms with Crippen molar-refractivity contribution in [1.82, 2.24) is 9.55 Å². The van der Waals surface area contributed by atoms with Gasteiger partial charge < -0.3 is 9.67 Å². The summed E-state index contributed by atoms with van der Waals surface area (Å²) in [5.74, 6) is 0.687. The third kappa shape index (κ3) is 2.94. The van der Waals surface area contributed by atoms with Gasteiger partial charge in [0, 0.05) is 12.5 Å². The van der Waals surface area contributed by atoms with Crippen LogP contribution in [0.25, 0.3) is 11.0 Å². The molecule has 0 aliphatic heterocycles. The molecule has 0 spiro atoms. The maximum absolute atomic E-state index is 11.2. The van der Waals surface area contributed by atoms with Crippen molar-refractivity contribution >= 4 is 17.0 Å². The molecule has 2 aromatic rings. The molecule has 1 aromatic carbocycles. The zero-order valence-electron chi connectivity index (χ0n) is 13.3. The van der Waals surface area contributed by atoms with Gasteiger partial charge in [-0.1, -0.05) is 27.2 Å². The van der Waals surface area contributed by atoms with E-state index in [1.807, 2.05) is 6.07 Å². The minimum atomic E-state index is -0.891. The Morgan fingerprint density at radius 1 is 1.33 bits per heavy atom. The van der Waals surface area contributed by atoms with Gasteiger partial charge in [0.05, 0.1) is 16.6 Å². The van der Waals surface area contributed by atoms with Crippen molar-refractivity contribution in [3.8, 4) is 0 Å². The Morgan fingerprint density at radius 3 is 2.62 bits per heavy atom. The number of hydrogen-bond donors (Lipinski definition) is 1. The Morgan fingerprint density at radius 2 is 2.05 bits per heavy atom. The number of nitrogens with zero attached hydrogens (tertiary/aromatic N) is 2. The summed E-state index contributed by atoms with van der Waals surface area (Å²) >= 11 is 0. The van der Waals surface area contributed by atoms with Crippen LogP contribution in [-0.4, -0.2) is 20.6 Å². The summed E-state index contributed by atoms with van der Waals surface area (Å²) in [4.78, 5) is 15.9. The molecule has 0 radical (unpaired) electrons. The van der Waals surface area contributed by atoms with Gasteiger partial charge in [0.2, 0.25) is 0 Å². The predicted molar refractivity (Wildman–Crippen MR) is 84.9 cm³/mol. The summed E-state index contributed by atoms with van der Waals surface area (Å²) in [7, 11) is 0. The van der Waals surface area contributed by atoms with E-state index in [1.54, 1.807) is 12.1 Å². The van der Waals surface area contributed by atoms with Crippen molar-refractivity contribution < 1.29 is 9.90 Å².